The number of rotatable bonds is 7. The first-order valence-electron chi connectivity index (χ1n) is 7.30. The predicted molar refractivity (Wildman–Crippen MR) is 87.9 cm³/mol. The molecule has 22 heavy (non-hydrogen) atoms. The Kier molecular flexibility index (Phi) is 6.04. The normalized spacial score (nSPS) is 13.6. The number of amides is 1. The average molecular weight is 321 g/mol. The molecule has 1 amide bonds. The minimum atomic E-state index is -0.273. The lowest BCUT2D eigenvalue weighted by atomic mass is 10.0. The Labute approximate surface area is 135 Å². The molecule has 5 heteroatoms. The van der Waals surface area contributed by atoms with Gasteiger partial charge in [0, 0.05) is 30.6 Å². The maximum atomic E-state index is 12.3. The Balaban J connectivity index is 1.84. The number of nitrogens with one attached hydrogen (secondary N) is 2. The Morgan fingerprint density at radius 2 is 2.05 bits per heavy atom. The molecule has 2 N–H and O–H groups in total. The molecule has 0 aliphatic heterocycles. The fraction of sp³-hybridized carbons (Fsp3) is 0.353. The van der Waals surface area contributed by atoms with Gasteiger partial charge < -0.3 is 15.0 Å². The highest BCUT2D eigenvalue weighted by Gasteiger charge is 2.25. The van der Waals surface area contributed by atoms with Crippen LogP contribution in [0.25, 0.3) is 0 Å². The van der Waals surface area contributed by atoms with Crippen LogP contribution in [-0.2, 0) is 16.0 Å². The standard InChI is InChI=1S/C17H21ClN2O2/c1-12(16(22-2)15-4-3-10-19-15)17(21)20-11-9-13-5-7-14(18)8-6-13/h3-8,10,12,16,19H,9,11H2,1-2H3,(H,20,21)/t12-,16-/m1/s1. The van der Waals surface area contributed by atoms with E-state index in [1.165, 1.54) is 0 Å². The fourth-order valence-electron chi connectivity index (χ4n) is 2.40. The highest BCUT2D eigenvalue weighted by atomic mass is 35.5. The van der Waals surface area contributed by atoms with Crippen LogP contribution in [0.3, 0.4) is 0 Å². The van der Waals surface area contributed by atoms with Crippen molar-refractivity contribution < 1.29 is 9.53 Å². The third-order valence-corrected chi connectivity index (χ3v) is 3.93. The van der Waals surface area contributed by atoms with Gasteiger partial charge in [-0.1, -0.05) is 30.7 Å². The highest BCUT2D eigenvalue weighted by molar-refractivity contribution is 6.30. The zero-order valence-corrected chi connectivity index (χ0v) is 13.6. The minimum absolute atomic E-state index is 0.0181. The smallest absolute Gasteiger partial charge is 0.225 e. The van der Waals surface area contributed by atoms with Gasteiger partial charge in [0.25, 0.3) is 0 Å². The molecule has 0 radical (unpaired) electrons. The van der Waals surface area contributed by atoms with Gasteiger partial charge in [0.05, 0.1) is 5.92 Å². The van der Waals surface area contributed by atoms with Gasteiger partial charge >= 0.3 is 0 Å². The van der Waals surface area contributed by atoms with Crippen LogP contribution < -0.4 is 5.32 Å². The summed E-state index contributed by atoms with van der Waals surface area (Å²) in [6, 6.07) is 11.5. The number of carbonyl (C=O) groups is 1. The maximum Gasteiger partial charge on any atom is 0.225 e. The molecule has 1 aromatic carbocycles. The number of aromatic nitrogens is 1. The molecule has 1 aromatic heterocycles. The van der Waals surface area contributed by atoms with Crippen LogP contribution in [0.5, 0.6) is 0 Å². The first-order chi connectivity index (χ1) is 10.6. The lowest BCUT2D eigenvalue weighted by Crippen LogP contribution is -2.34. The van der Waals surface area contributed by atoms with Gasteiger partial charge in [-0.3, -0.25) is 4.79 Å². The van der Waals surface area contributed by atoms with Gasteiger partial charge in [-0.2, -0.15) is 0 Å². The molecule has 2 aromatic rings. The van der Waals surface area contributed by atoms with E-state index in [2.05, 4.69) is 10.3 Å². The van der Waals surface area contributed by atoms with Gasteiger partial charge in [-0.05, 0) is 36.2 Å². The summed E-state index contributed by atoms with van der Waals surface area (Å²) in [4.78, 5) is 15.4. The third-order valence-electron chi connectivity index (χ3n) is 3.68. The summed E-state index contributed by atoms with van der Waals surface area (Å²) >= 11 is 5.85. The van der Waals surface area contributed by atoms with E-state index in [0.29, 0.717) is 6.54 Å². The van der Waals surface area contributed by atoms with Crippen molar-refractivity contribution in [2.24, 2.45) is 5.92 Å². The van der Waals surface area contributed by atoms with Crippen LogP contribution >= 0.6 is 11.6 Å². The summed E-state index contributed by atoms with van der Waals surface area (Å²) in [5.74, 6) is -0.288. The van der Waals surface area contributed by atoms with Crippen molar-refractivity contribution in [3.05, 3.63) is 58.9 Å². The molecule has 0 unspecified atom stereocenters. The van der Waals surface area contributed by atoms with Crippen molar-refractivity contribution >= 4 is 17.5 Å². The molecule has 1 heterocycles. The first kappa shape index (κ1) is 16.6. The van der Waals surface area contributed by atoms with Crippen LogP contribution in [0.2, 0.25) is 5.02 Å². The number of hydrogen-bond donors (Lipinski definition) is 2. The van der Waals surface area contributed by atoms with Gasteiger partial charge in [-0.25, -0.2) is 0 Å². The molecule has 0 aliphatic rings. The number of benzene rings is 1. The van der Waals surface area contributed by atoms with Crippen LogP contribution in [0, 0.1) is 5.92 Å². The molecule has 0 aliphatic carbocycles. The van der Waals surface area contributed by atoms with Crippen LogP contribution in [0.15, 0.2) is 42.6 Å². The van der Waals surface area contributed by atoms with E-state index < -0.39 is 0 Å². The summed E-state index contributed by atoms with van der Waals surface area (Å²) in [5.41, 5.74) is 2.05. The van der Waals surface area contributed by atoms with Crippen molar-refractivity contribution in [1.82, 2.24) is 10.3 Å². The van der Waals surface area contributed by atoms with Crippen molar-refractivity contribution in [3.63, 3.8) is 0 Å². The van der Waals surface area contributed by atoms with Crippen LogP contribution in [-0.4, -0.2) is 24.5 Å². The molecule has 0 spiro atoms. The Hall–Kier alpha value is -1.78. The van der Waals surface area contributed by atoms with Gasteiger partial charge in [0.15, 0.2) is 0 Å². The van der Waals surface area contributed by atoms with E-state index in [-0.39, 0.29) is 17.9 Å². The highest BCUT2D eigenvalue weighted by Crippen LogP contribution is 2.24. The Morgan fingerprint density at radius 3 is 2.64 bits per heavy atom. The molecule has 0 saturated carbocycles. The molecular weight excluding hydrogens is 300 g/mol. The number of hydrogen-bond acceptors (Lipinski definition) is 2. The fourth-order valence-corrected chi connectivity index (χ4v) is 2.53. The van der Waals surface area contributed by atoms with E-state index in [1.54, 1.807) is 7.11 Å². The second-order valence-corrected chi connectivity index (χ2v) is 5.67. The largest absolute Gasteiger partial charge is 0.374 e. The number of ether oxygens (including phenoxy) is 1. The summed E-state index contributed by atoms with van der Waals surface area (Å²) in [6.07, 6.45) is 2.33. The van der Waals surface area contributed by atoms with Gasteiger partial charge in [0.2, 0.25) is 5.91 Å². The van der Waals surface area contributed by atoms with Crippen molar-refractivity contribution in [2.75, 3.05) is 13.7 Å². The van der Waals surface area contributed by atoms with E-state index in [4.69, 9.17) is 16.3 Å². The minimum Gasteiger partial charge on any atom is -0.374 e. The summed E-state index contributed by atoms with van der Waals surface area (Å²) in [7, 11) is 1.61. The maximum absolute atomic E-state index is 12.3. The van der Waals surface area contributed by atoms with Crippen molar-refractivity contribution in [1.29, 1.82) is 0 Å². The molecular formula is C17H21ClN2O2. The number of carbonyl (C=O) groups excluding carboxylic acids is 1. The zero-order valence-electron chi connectivity index (χ0n) is 12.8. The zero-order chi connectivity index (χ0) is 15.9. The topological polar surface area (TPSA) is 54.1 Å². The summed E-state index contributed by atoms with van der Waals surface area (Å²) < 4.78 is 5.45. The quantitative estimate of drug-likeness (QED) is 0.822. The average Bonchev–Trinajstić information content (AvgIpc) is 3.04. The molecule has 4 nitrogen and oxygen atoms in total. The Morgan fingerprint density at radius 1 is 1.32 bits per heavy atom. The number of aromatic amines is 1. The summed E-state index contributed by atoms with van der Waals surface area (Å²) in [6.45, 7) is 2.46. The second-order valence-electron chi connectivity index (χ2n) is 5.24. The van der Waals surface area contributed by atoms with Gasteiger partial charge in [0.1, 0.15) is 6.10 Å². The van der Waals surface area contributed by atoms with E-state index in [1.807, 2.05) is 49.5 Å². The predicted octanol–water partition coefficient (Wildman–Crippen LogP) is 3.35. The van der Waals surface area contributed by atoms with Crippen LogP contribution in [0.1, 0.15) is 24.3 Å². The van der Waals surface area contributed by atoms with Crippen molar-refractivity contribution in [2.45, 2.75) is 19.4 Å². The molecule has 0 fully saturated rings. The van der Waals surface area contributed by atoms with E-state index >= 15 is 0 Å². The Bertz CT molecular complexity index is 581. The lowest BCUT2D eigenvalue weighted by molar-refractivity contribution is -0.129. The molecule has 118 valence electrons. The number of halogens is 1. The molecule has 2 atom stereocenters. The first-order valence-corrected chi connectivity index (χ1v) is 7.68. The van der Waals surface area contributed by atoms with Gasteiger partial charge in [-0.15, -0.1) is 0 Å². The molecule has 0 bridgehead atoms. The van der Waals surface area contributed by atoms with Crippen LogP contribution in [0.4, 0.5) is 0 Å². The number of methoxy groups -OCH3 is 1. The number of H-pyrrole nitrogens is 1. The van der Waals surface area contributed by atoms with E-state index in [0.717, 1.165) is 22.7 Å². The van der Waals surface area contributed by atoms with E-state index in [9.17, 15) is 4.79 Å². The summed E-state index contributed by atoms with van der Waals surface area (Å²) in [5, 5.41) is 3.67. The lowest BCUT2D eigenvalue weighted by Gasteiger charge is -2.21. The third kappa shape index (κ3) is 4.36. The molecule has 0 saturated heterocycles. The molecule has 2 rings (SSSR count). The SMILES string of the molecule is CO[C@@H](c1ccc[nH]1)[C@@H](C)C(=O)NCCc1ccc(Cl)cc1. The van der Waals surface area contributed by atoms with Crippen molar-refractivity contribution in [3.8, 4) is 0 Å². The second kappa shape index (κ2) is 8.01. The monoisotopic (exact) mass is 320 g/mol.